The van der Waals surface area contributed by atoms with Crippen LogP contribution in [0.25, 0.3) is 0 Å². The van der Waals surface area contributed by atoms with E-state index in [9.17, 15) is 4.79 Å². The molecule has 0 aliphatic carbocycles. The number of hydrogen-bond donors (Lipinski definition) is 2. The molecule has 3 N–H and O–H groups in total. The standard InChI is InChI=1S/C5H10N2O2.ClH/c6-5(9)7-2-1-4(8)3-7;/h4,8H,1-3H2,(H2,6,9);1H/t4-;/m0./s1. The second kappa shape index (κ2) is 3.63. The summed E-state index contributed by atoms with van der Waals surface area (Å²) in [6.45, 7) is 0.992. The number of nitrogens with two attached hydrogens (primary N) is 1. The zero-order chi connectivity index (χ0) is 6.85. The fourth-order valence-corrected chi connectivity index (χ4v) is 0.942. The number of rotatable bonds is 0. The number of nitrogens with zero attached hydrogens (tertiary/aromatic N) is 1. The van der Waals surface area contributed by atoms with Crippen molar-refractivity contribution < 1.29 is 9.90 Å². The number of aliphatic hydroxyl groups is 1. The van der Waals surface area contributed by atoms with Crippen LogP contribution in [0.5, 0.6) is 0 Å². The van der Waals surface area contributed by atoms with Gasteiger partial charge in [-0.2, -0.15) is 0 Å². The predicted octanol–water partition coefficient (Wildman–Crippen LogP) is -0.446. The van der Waals surface area contributed by atoms with Crippen molar-refractivity contribution in [3.8, 4) is 0 Å². The summed E-state index contributed by atoms with van der Waals surface area (Å²) in [6.07, 6.45) is 0.292. The highest BCUT2D eigenvalue weighted by Crippen LogP contribution is 2.06. The third kappa shape index (κ3) is 2.04. The minimum absolute atomic E-state index is 0. The molecule has 0 aromatic rings. The lowest BCUT2D eigenvalue weighted by Gasteiger charge is -2.10. The number of aliphatic hydroxyl groups excluding tert-OH is 1. The van der Waals surface area contributed by atoms with E-state index in [2.05, 4.69) is 0 Å². The van der Waals surface area contributed by atoms with Crippen LogP contribution in [0.4, 0.5) is 4.79 Å². The summed E-state index contributed by atoms with van der Waals surface area (Å²) in [4.78, 5) is 11.8. The van der Waals surface area contributed by atoms with Crippen molar-refractivity contribution in [1.82, 2.24) is 4.90 Å². The molecule has 5 heteroatoms. The zero-order valence-electron chi connectivity index (χ0n) is 5.49. The first-order chi connectivity index (χ1) is 4.20. The van der Waals surface area contributed by atoms with Gasteiger partial charge >= 0.3 is 6.03 Å². The monoisotopic (exact) mass is 166 g/mol. The van der Waals surface area contributed by atoms with Crippen LogP contribution in [0.2, 0.25) is 0 Å². The molecular weight excluding hydrogens is 156 g/mol. The van der Waals surface area contributed by atoms with Crippen LogP contribution in [0.1, 0.15) is 6.42 Å². The average molecular weight is 167 g/mol. The van der Waals surface area contributed by atoms with E-state index in [1.54, 1.807) is 0 Å². The molecule has 0 unspecified atom stereocenters. The van der Waals surface area contributed by atoms with E-state index in [0.29, 0.717) is 19.5 Å². The molecule has 4 nitrogen and oxygen atoms in total. The van der Waals surface area contributed by atoms with Crippen LogP contribution in [-0.2, 0) is 0 Å². The summed E-state index contributed by atoms with van der Waals surface area (Å²) in [7, 11) is 0. The molecule has 0 spiro atoms. The second-order valence-electron chi connectivity index (χ2n) is 2.23. The maximum absolute atomic E-state index is 10.4. The molecule has 0 aromatic carbocycles. The fourth-order valence-electron chi connectivity index (χ4n) is 0.942. The highest BCUT2D eigenvalue weighted by molar-refractivity contribution is 5.85. The number of likely N-dealkylation sites (tertiary alicyclic amines) is 1. The van der Waals surface area contributed by atoms with Gasteiger partial charge in [0.2, 0.25) is 0 Å². The molecule has 10 heavy (non-hydrogen) atoms. The number of amides is 2. The maximum atomic E-state index is 10.4. The highest BCUT2D eigenvalue weighted by atomic mass is 35.5. The van der Waals surface area contributed by atoms with Crippen LogP contribution < -0.4 is 5.73 Å². The lowest BCUT2D eigenvalue weighted by molar-refractivity contribution is 0.175. The number of primary amides is 1. The van der Waals surface area contributed by atoms with Gasteiger partial charge in [0.05, 0.1) is 6.10 Å². The van der Waals surface area contributed by atoms with Crippen LogP contribution in [-0.4, -0.2) is 35.2 Å². The van der Waals surface area contributed by atoms with E-state index in [0.717, 1.165) is 0 Å². The van der Waals surface area contributed by atoms with Gasteiger partial charge in [0.25, 0.3) is 0 Å². The Labute approximate surface area is 65.4 Å². The largest absolute Gasteiger partial charge is 0.391 e. The first kappa shape index (κ1) is 9.52. The van der Waals surface area contributed by atoms with Crippen molar-refractivity contribution in [2.75, 3.05) is 13.1 Å². The second-order valence-corrected chi connectivity index (χ2v) is 2.23. The van der Waals surface area contributed by atoms with Gasteiger partial charge in [-0.3, -0.25) is 0 Å². The van der Waals surface area contributed by atoms with Crippen LogP contribution in [0.3, 0.4) is 0 Å². The Bertz CT molecular complexity index is 131. The molecule has 0 aromatic heterocycles. The molecule has 1 fully saturated rings. The van der Waals surface area contributed by atoms with Gasteiger partial charge in [0, 0.05) is 13.1 Å². The van der Waals surface area contributed by atoms with Crippen molar-refractivity contribution >= 4 is 18.4 Å². The number of halogens is 1. The maximum Gasteiger partial charge on any atom is 0.314 e. The van der Waals surface area contributed by atoms with E-state index in [1.165, 1.54) is 4.90 Å². The van der Waals surface area contributed by atoms with Gasteiger partial charge < -0.3 is 15.7 Å². The lowest BCUT2D eigenvalue weighted by atomic mass is 10.3. The number of hydrogen-bond acceptors (Lipinski definition) is 2. The van der Waals surface area contributed by atoms with E-state index in [4.69, 9.17) is 10.8 Å². The zero-order valence-corrected chi connectivity index (χ0v) is 6.30. The summed E-state index contributed by atoms with van der Waals surface area (Å²) in [5.74, 6) is 0. The van der Waals surface area contributed by atoms with Gasteiger partial charge in [0.15, 0.2) is 0 Å². The SMILES string of the molecule is Cl.NC(=O)N1CC[C@H](O)C1. The number of β-amino-alcohol motifs (C(OH)–C–C–N with tert-alkyl or cyclic N) is 1. The molecule has 0 saturated carbocycles. The minimum Gasteiger partial charge on any atom is -0.391 e. The quantitative estimate of drug-likeness (QED) is 0.512. The fraction of sp³-hybridized carbons (Fsp3) is 0.800. The Kier molecular flexibility index (Phi) is 3.46. The number of carbonyl (C=O) groups excluding carboxylic acids is 1. The Balaban J connectivity index is 0.000000810. The summed E-state index contributed by atoms with van der Waals surface area (Å²) in [6, 6.07) is -0.438. The van der Waals surface area contributed by atoms with Gasteiger partial charge in [-0.15, -0.1) is 12.4 Å². The molecule has 60 valence electrons. The van der Waals surface area contributed by atoms with Gasteiger partial charge in [0.1, 0.15) is 0 Å². The first-order valence-electron chi connectivity index (χ1n) is 2.92. The molecule has 1 aliphatic heterocycles. The van der Waals surface area contributed by atoms with Crippen LogP contribution >= 0.6 is 12.4 Å². The van der Waals surface area contributed by atoms with Crippen molar-refractivity contribution in [2.24, 2.45) is 5.73 Å². The van der Waals surface area contributed by atoms with Crippen molar-refractivity contribution in [3.63, 3.8) is 0 Å². The smallest absolute Gasteiger partial charge is 0.314 e. The minimum atomic E-state index is -0.438. The molecule has 1 saturated heterocycles. The van der Waals surface area contributed by atoms with Gasteiger partial charge in [-0.1, -0.05) is 0 Å². The van der Waals surface area contributed by atoms with E-state index >= 15 is 0 Å². The van der Waals surface area contributed by atoms with Gasteiger partial charge in [-0.25, -0.2) is 4.79 Å². The van der Waals surface area contributed by atoms with Gasteiger partial charge in [-0.05, 0) is 6.42 Å². The molecule has 1 rings (SSSR count). The predicted molar refractivity (Wildman–Crippen MR) is 39.0 cm³/mol. The summed E-state index contributed by atoms with van der Waals surface area (Å²) >= 11 is 0. The molecule has 1 aliphatic rings. The number of carbonyl (C=O) groups is 1. The Morgan fingerprint density at radius 3 is 2.50 bits per heavy atom. The molecule has 2 amide bonds. The van der Waals surface area contributed by atoms with E-state index < -0.39 is 6.03 Å². The molecular formula is C5H11ClN2O2. The normalized spacial score (nSPS) is 24.1. The first-order valence-corrected chi connectivity index (χ1v) is 2.92. The summed E-state index contributed by atoms with van der Waals surface area (Å²) in [5, 5.41) is 8.90. The average Bonchev–Trinajstić information content (AvgIpc) is 2.14. The Morgan fingerprint density at radius 2 is 2.30 bits per heavy atom. The number of urea groups is 1. The van der Waals surface area contributed by atoms with Crippen LogP contribution in [0, 0.1) is 0 Å². The topological polar surface area (TPSA) is 66.6 Å². The van der Waals surface area contributed by atoms with E-state index in [-0.39, 0.29) is 18.5 Å². The highest BCUT2D eigenvalue weighted by Gasteiger charge is 2.21. The molecule has 1 heterocycles. The van der Waals surface area contributed by atoms with E-state index in [1.807, 2.05) is 0 Å². The van der Waals surface area contributed by atoms with Crippen molar-refractivity contribution in [2.45, 2.75) is 12.5 Å². The van der Waals surface area contributed by atoms with Crippen molar-refractivity contribution in [1.29, 1.82) is 0 Å². The third-order valence-corrected chi connectivity index (χ3v) is 1.48. The van der Waals surface area contributed by atoms with Crippen LogP contribution in [0.15, 0.2) is 0 Å². The molecule has 0 bridgehead atoms. The summed E-state index contributed by atoms with van der Waals surface area (Å²) < 4.78 is 0. The van der Waals surface area contributed by atoms with Crippen molar-refractivity contribution in [3.05, 3.63) is 0 Å². The lowest BCUT2D eigenvalue weighted by Crippen LogP contribution is -2.34. The molecule has 1 atom stereocenters. The Morgan fingerprint density at radius 1 is 1.70 bits per heavy atom. The summed E-state index contributed by atoms with van der Waals surface area (Å²) in [5.41, 5.74) is 4.94. The Hall–Kier alpha value is -0.480. The third-order valence-electron chi connectivity index (χ3n) is 1.48. The molecule has 0 radical (unpaired) electrons.